The topological polar surface area (TPSA) is 55.2 Å². The molecule has 1 aliphatic carbocycles. The van der Waals surface area contributed by atoms with Crippen LogP contribution >= 0.6 is 0 Å². The van der Waals surface area contributed by atoms with Gasteiger partial charge in [0.1, 0.15) is 5.82 Å². The quantitative estimate of drug-likeness (QED) is 0.502. The van der Waals surface area contributed by atoms with E-state index < -0.39 is 22.2 Å². The van der Waals surface area contributed by atoms with E-state index in [-0.39, 0.29) is 17.1 Å². The molecule has 0 radical (unpaired) electrons. The highest BCUT2D eigenvalue weighted by Crippen LogP contribution is 2.35. The minimum absolute atomic E-state index is 0.00723. The number of nitro groups is 1. The fraction of sp³-hybridized carbons (Fsp3) is 0.600. The first-order chi connectivity index (χ1) is 9.78. The summed E-state index contributed by atoms with van der Waals surface area (Å²) >= 11 is 0. The summed E-state index contributed by atoms with van der Waals surface area (Å²) in [4.78, 5) is 9.90. The maximum atomic E-state index is 13.8. The highest BCUT2D eigenvalue weighted by atomic mass is 19.1. The zero-order valence-corrected chi connectivity index (χ0v) is 12.3. The van der Waals surface area contributed by atoms with Gasteiger partial charge in [-0.05, 0) is 31.1 Å². The molecular formula is C15H20F2N2O2. The van der Waals surface area contributed by atoms with Crippen molar-refractivity contribution in [2.45, 2.75) is 52.0 Å². The van der Waals surface area contributed by atoms with Crippen LogP contribution in [-0.2, 0) is 0 Å². The van der Waals surface area contributed by atoms with E-state index in [4.69, 9.17) is 0 Å². The van der Waals surface area contributed by atoms with Gasteiger partial charge in [0.2, 0.25) is 5.82 Å². The average molecular weight is 298 g/mol. The van der Waals surface area contributed by atoms with Crippen LogP contribution in [0.1, 0.15) is 46.0 Å². The largest absolute Gasteiger partial charge is 0.380 e. The van der Waals surface area contributed by atoms with Crippen LogP contribution in [0.3, 0.4) is 0 Å². The molecule has 6 heteroatoms. The van der Waals surface area contributed by atoms with Crippen molar-refractivity contribution in [2.75, 3.05) is 5.32 Å². The third-order valence-corrected chi connectivity index (χ3v) is 4.17. The molecule has 0 heterocycles. The van der Waals surface area contributed by atoms with Gasteiger partial charge in [0, 0.05) is 18.2 Å². The zero-order valence-electron chi connectivity index (χ0n) is 12.3. The van der Waals surface area contributed by atoms with Crippen molar-refractivity contribution in [3.8, 4) is 0 Å². The van der Waals surface area contributed by atoms with Crippen LogP contribution in [0.4, 0.5) is 20.2 Å². The smallest absolute Gasteiger partial charge is 0.307 e. The second-order valence-electron chi connectivity index (χ2n) is 6.48. The van der Waals surface area contributed by atoms with Crippen molar-refractivity contribution in [3.63, 3.8) is 0 Å². The molecule has 1 saturated carbocycles. The molecule has 1 fully saturated rings. The fourth-order valence-corrected chi connectivity index (χ4v) is 2.81. The van der Waals surface area contributed by atoms with Gasteiger partial charge in [-0.15, -0.1) is 0 Å². The zero-order chi connectivity index (χ0) is 15.6. The summed E-state index contributed by atoms with van der Waals surface area (Å²) < 4.78 is 27.1. The first kappa shape index (κ1) is 15.7. The summed E-state index contributed by atoms with van der Waals surface area (Å²) in [5.41, 5.74) is -0.426. The monoisotopic (exact) mass is 298 g/mol. The number of nitrogens with zero attached hydrogens (tertiary/aromatic N) is 1. The van der Waals surface area contributed by atoms with Crippen LogP contribution in [0, 0.1) is 27.2 Å². The van der Waals surface area contributed by atoms with Crippen molar-refractivity contribution in [3.05, 3.63) is 33.9 Å². The Kier molecular flexibility index (Phi) is 4.44. The van der Waals surface area contributed by atoms with E-state index in [1.807, 2.05) is 0 Å². The van der Waals surface area contributed by atoms with Gasteiger partial charge in [0.25, 0.3) is 0 Å². The third kappa shape index (κ3) is 3.89. The summed E-state index contributed by atoms with van der Waals surface area (Å²) in [6.07, 6.45) is 4.90. The molecule has 1 unspecified atom stereocenters. The first-order valence-corrected chi connectivity index (χ1v) is 7.18. The molecule has 1 atom stereocenters. The molecule has 2 rings (SSSR count). The number of nitrogens with one attached hydrogen (secondary N) is 1. The molecule has 0 aliphatic heterocycles. The molecule has 0 spiro atoms. The maximum absolute atomic E-state index is 13.8. The molecule has 0 bridgehead atoms. The van der Waals surface area contributed by atoms with Crippen molar-refractivity contribution in [1.82, 2.24) is 0 Å². The van der Waals surface area contributed by atoms with Crippen LogP contribution < -0.4 is 5.32 Å². The Morgan fingerprint density at radius 2 is 1.95 bits per heavy atom. The summed E-state index contributed by atoms with van der Waals surface area (Å²) in [5.74, 6) is -1.94. The number of rotatable bonds is 3. The summed E-state index contributed by atoms with van der Waals surface area (Å²) in [6.45, 7) is 4.41. The Morgan fingerprint density at radius 3 is 2.62 bits per heavy atom. The van der Waals surface area contributed by atoms with E-state index >= 15 is 0 Å². The lowest BCUT2D eigenvalue weighted by atomic mass is 9.85. The predicted molar refractivity (Wildman–Crippen MR) is 77.3 cm³/mol. The Morgan fingerprint density at radius 1 is 1.24 bits per heavy atom. The number of benzene rings is 1. The van der Waals surface area contributed by atoms with E-state index in [1.54, 1.807) is 0 Å². The van der Waals surface area contributed by atoms with Crippen molar-refractivity contribution in [1.29, 1.82) is 0 Å². The van der Waals surface area contributed by atoms with E-state index in [0.29, 0.717) is 6.07 Å². The van der Waals surface area contributed by atoms with Gasteiger partial charge in [-0.25, -0.2) is 4.39 Å². The van der Waals surface area contributed by atoms with E-state index in [9.17, 15) is 18.9 Å². The minimum atomic E-state index is -1.15. The fourth-order valence-electron chi connectivity index (χ4n) is 2.81. The number of halogens is 2. The van der Waals surface area contributed by atoms with E-state index in [2.05, 4.69) is 19.2 Å². The number of hydrogen-bond donors (Lipinski definition) is 1. The molecule has 1 aromatic carbocycles. The van der Waals surface area contributed by atoms with E-state index in [1.165, 1.54) is 0 Å². The Hall–Kier alpha value is -1.72. The van der Waals surface area contributed by atoms with Crippen LogP contribution in [0.5, 0.6) is 0 Å². The molecule has 116 valence electrons. The van der Waals surface area contributed by atoms with Gasteiger partial charge in [-0.1, -0.05) is 20.3 Å². The highest BCUT2D eigenvalue weighted by Gasteiger charge is 2.26. The average Bonchev–Trinajstić information content (AvgIpc) is 2.53. The van der Waals surface area contributed by atoms with Gasteiger partial charge < -0.3 is 5.32 Å². The normalized spacial score (nSPS) is 21.6. The molecule has 0 aromatic heterocycles. The van der Waals surface area contributed by atoms with Crippen molar-refractivity contribution >= 4 is 11.4 Å². The first-order valence-electron chi connectivity index (χ1n) is 7.18. The van der Waals surface area contributed by atoms with Gasteiger partial charge in [-0.3, -0.25) is 10.1 Å². The van der Waals surface area contributed by atoms with Gasteiger partial charge in [-0.2, -0.15) is 4.39 Å². The molecule has 4 nitrogen and oxygen atoms in total. The SMILES string of the molecule is CC1(C)CCCC(Nc2cc([N+](=O)[O-])c(F)cc2F)CC1. The molecule has 21 heavy (non-hydrogen) atoms. The van der Waals surface area contributed by atoms with Gasteiger partial charge in [0.05, 0.1) is 10.6 Å². The number of hydrogen-bond acceptors (Lipinski definition) is 3. The lowest BCUT2D eigenvalue weighted by Gasteiger charge is -2.22. The summed E-state index contributed by atoms with van der Waals surface area (Å²) in [5, 5.41) is 13.7. The number of nitro benzene ring substituents is 1. The van der Waals surface area contributed by atoms with Crippen LogP contribution in [-0.4, -0.2) is 11.0 Å². The van der Waals surface area contributed by atoms with Crippen molar-refractivity contribution < 1.29 is 13.7 Å². The van der Waals surface area contributed by atoms with Crippen LogP contribution in [0.15, 0.2) is 12.1 Å². The predicted octanol–water partition coefficient (Wildman–Crippen LogP) is 4.64. The Bertz CT molecular complexity index is 547. The second kappa shape index (κ2) is 5.95. The van der Waals surface area contributed by atoms with Crippen LogP contribution in [0.25, 0.3) is 0 Å². The molecule has 1 aromatic rings. The van der Waals surface area contributed by atoms with Crippen LogP contribution in [0.2, 0.25) is 0 Å². The highest BCUT2D eigenvalue weighted by molar-refractivity contribution is 5.53. The molecule has 0 saturated heterocycles. The summed E-state index contributed by atoms with van der Waals surface area (Å²) in [7, 11) is 0. The molecular weight excluding hydrogens is 278 g/mol. The second-order valence-corrected chi connectivity index (χ2v) is 6.48. The minimum Gasteiger partial charge on any atom is -0.380 e. The lowest BCUT2D eigenvalue weighted by molar-refractivity contribution is -0.387. The van der Waals surface area contributed by atoms with E-state index in [0.717, 1.165) is 38.2 Å². The van der Waals surface area contributed by atoms with Gasteiger partial charge in [0.15, 0.2) is 0 Å². The summed E-state index contributed by atoms with van der Waals surface area (Å²) in [6, 6.07) is 1.58. The maximum Gasteiger partial charge on any atom is 0.307 e. The lowest BCUT2D eigenvalue weighted by Crippen LogP contribution is -2.20. The van der Waals surface area contributed by atoms with Crippen molar-refractivity contribution in [2.24, 2.45) is 5.41 Å². The standard InChI is InChI=1S/C15H20F2N2O2/c1-15(2)6-3-4-10(5-7-15)18-13-9-14(19(20)21)12(17)8-11(13)16/h8-10,18H,3-7H2,1-2H3. The molecule has 0 amide bonds. The van der Waals surface area contributed by atoms with Gasteiger partial charge >= 0.3 is 5.69 Å². The Balaban J connectivity index is 2.16. The molecule has 1 N–H and O–H groups in total. The Labute approximate surface area is 122 Å². The number of anilines is 1. The molecule has 1 aliphatic rings. The third-order valence-electron chi connectivity index (χ3n) is 4.17.